The zero-order chi connectivity index (χ0) is 13.3. The van der Waals surface area contributed by atoms with Crippen molar-refractivity contribution in [2.75, 3.05) is 25.1 Å². The van der Waals surface area contributed by atoms with Crippen LogP contribution in [0.15, 0.2) is 18.5 Å². The summed E-state index contributed by atoms with van der Waals surface area (Å²) in [6.07, 6.45) is 2.85. The van der Waals surface area contributed by atoms with Crippen LogP contribution in [0.2, 0.25) is 0 Å². The Morgan fingerprint density at radius 2 is 2.21 bits per heavy atom. The van der Waals surface area contributed by atoms with E-state index in [1.54, 1.807) is 4.52 Å². The summed E-state index contributed by atoms with van der Waals surface area (Å²) in [6, 6.07) is 3.98. The second-order valence-corrected chi connectivity index (χ2v) is 5.14. The highest BCUT2D eigenvalue weighted by Gasteiger charge is 2.29. The Morgan fingerprint density at radius 1 is 1.42 bits per heavy atom. The molecule has 0 aliphatic carbocycles. The minimum absolute atomic E-state index is 0.495. The third kappa shape index (κ3) is 2.54. The quantitative estimate of drug-likeness (QED) is 0.863. The fourth-order valence-electron chi connectivity index (χ4n) is 2.37. The van der Waals surface area contributed by atoms with E-state index in [1.165, 1.54) is 6.33 Å². The van der Waals surface area contributed by atoms with Gasteiger partial charge in [-0.05, 0) is 24.6 Å². The number of pyridine rings is 1. The molecule has 0 unspecified atom stereocenters. The van der Waals surface area contributed by atoms with Gasteiger partial charge in [0.05, 0.1) is 5.60 Å². The van der Waals surface area contributed by atoms with Gasteiger partial charge in [0, 0.05) is 32.6 Å². The van der Waals surface area contributed by atoms with Crippen LogP contribution in [0, 0.1) is 6.92 Å². The normalized spacial score (nSPS) is 18.6. The highest BCUT2D eigenvalue weighted by Crippen LogP contribution is 2.21. The van der Waals surface area contributed by atoms with E-state index in [2.05, 4.69) is 15.4 Å². The average Bonchev–Trinajstić information content (AvgIpc) is 2.85. The molecule has 19 heavy (non-hydrogen) atoms. The summed E-state index contributed by atoms with van der Waals surface area (Å²) in [5.74, 6) is 0.854. The van der Waals surface area contributed by atoms with Crippen molar-refractivity contribution in [2.24, 2.45) is 0 Å². The molecule has 0 radical (unpaired) electrons. The van der Waals surface area contributed by atoms with Crippen LogP contribution in [-0.4, -0.2) is 45.1 Å². The van der Waals surface area contributed by atoms with E-state index >= 15 is 0 Å². The summed E-state index contributed by atoms with van der Waals surface area (Å²) in [6.45, 7) is 3.74. The topological polar surface area (TPSA) is 71.7 Å². The summed E-state index contributed by atoms with van der Waals surface area (Å²) in [7, 11) is 0. The number of aryl methyl sites for hydroxylation is 1. The van der Waals surface area contributed by atoms with Gasteiger partial charge < -0.3 is 15.2 Å². The molecule has 0 saturated carbocycles. The molecule has 2 aromatic rings. The Labute approximate surface area is 111 Å². The van der Waals surface area contributed by atoms with E-state index in [0.29, 0.717) is 32.6 Å². The molecule has 3 rings (SSSR count). The van der Waals surface area contributed by atoms with Crippen molar-refractivity contribution in [3.05, 3.63) is 24.0 Å². The molecule has 0 amide bonds. The SMILES string of the molecule is Cc1cc(NCC2(O)CCOCC2)n2ncnc2c1. The fourth-order valence-corrected chi connectivity index (χ4v) is 2.37. The van der Waals surface area contributed by atoms with E-state index in [1.807, 2.05) is 19.1 Å². The third-order valence-electron chi connectivity index (χ3n) is 3.55. The number of aromatic nitrogens is 3. The molecule has 1 fully saturated rings. The largest absolute Gasteiger partial charge is 0.388 e. The number of rotatable bonds is 3. The first kappa shape index (κ1) is 12.4. The molecule has 1 aliphatic rings. The van der Waals surface area contributed by atoms with Gasteiger partial charge in [0.1, 0.15) is 12.1 Å². The highest BCUT2D eigenvalue weighted by atomic mass is 16.5. The lowest BCUT2D eigenvalue weighted by atomic mass is 9.94. The van der Waals surface area contributed by atoms with Gasteiger partial charge in [-0.15, -0.1) is 0 Å². The van der Waals surface area contributed by atoms with Gasteiger partial charge in [0.2, 0.25) is 0 Å². The zero-order valence-corrected chi connectivity index (χ0v) is 11.0. The molecule has 2 N–H and O–H groups in total. The fraction of sp³-hybridized carbons (Fsp3) is 0.538. The van der Waals surface area contributed by atoms with Gasteiger partial charge in [-0.3, -0.25) is 0 Å². The van der Waals surface area contributed by atoms with E-state index in [-0.39, 0.29) is 0 Å². The Balaban J connectivity index is 1.79. The lowest BCUT2D eigenvalue weighted by Crippen LogP contribution is -2.42. The number of ether oxygens (including phenoxy) is 1. The van der Waals surface area contributed by atoms with Crippen LogP contribution < -0.4 is 5.32 Å². The first-order valence-corrected chi connectivity index (χ1v) is 6.51. The number of anilines is 1. The third-order valence-corrected chi connectivity index (χ3v) is 3.55. The monoisotopic (exact) mass is 262 g/mol. The van der Waals surface area contributed by atoms with Crippen molar-refractivity contribution in [1.29, 1.82) is 0 Å². The summed E-state index contributed by atoms with van der Waals surface area (Å²) in [4.78, 5) is 4.18. The van der Waals surface area contributed by atoms with Crippen LogP contribution in [0.4, 0.5) is 5.82 Å². The van der Waals surface area contributed by atoms with Crippen LogP contribution in [0.3, 0.4) is 0 Å². The number of hydrogen-bond donors (Lipinski definition) is 2. The predicted octanol–water partition coefficient (Wildman–Crippen LogP) is 0.991. The maximum absolute atomic E-state index is 10.4. The van der Waals surface area contributed by atoms with Gasteiger partial charge in [0.15, 0.2) is 5.65 Å². The summed E-state index contributed by atoms with van der Waals surface area (Å²) in [5, 5.41) is 17.9. The molecule has 2 aromatic heterocycles. The minimum Gasteiger partial charge on any atom is -0.388 e. The van der Waals surface area contributed by atoms with Crippen molar-refractivity contribution in [2.45, 2.75) is 25.4 Å². The zero-order valence-electron chi connectivity index (χ0n) is 11.0. The maximum atomic E-state index is 10.4. The Hall–Kier alpha value is -1.66. The van der Waals surface area contributed by atoms with Crippen molar-refractivity contribution in [3.63, 3.8) is 0 Å². The van der Waals surface area contributed by atoms with Crippen LogP contribution in [0.25, 0.3) is 5.65 Å². The Kier molecular flexibility index (Phi) is 3.12. The first-order chi connectivity index (χ1) is 9.16. The lowest BCUT2D eigenvalue weighted by molar-refractivity contribution is -0.0544. The molecule has 102 valence electrons. The average molecular weight is 262 g/mol. The van der Waals surface area contributed by atoms with Crippen molar-refractivity contribution < 1.29 is 9.84 Å². The number of hydrogen-bond acceptors (Lipinski definition) is 5. The molecule has 0 bridgehead atoms. The van der Waals surface area contributed by atoms with Gasteiger partial charge >= 0.3 is 0 Å². The molecule has 1 saturated heterocycles. The molecular formula is C13H18N4O2. The first-order valence-electron chi connectivity index (χ1n) is 6.51. The highest BCUT2D eigenvalue weighted by molar-refractivity contribution is 5.51. The smallest absolute Gasteiger partial charge is 0.157 e. The van der Waals surface area contributed by atoms with Crippen LogP contribution >= 0.6 is 0 Å². The molecule has 3 heterocycles. The van der Waals surface area contributed by atoms with E-state index in [9.17, 15) is 5.11 Å². The van der Waals surface area contributed by atoms with Gasteiger partial charge in [-0.25, -0.2) is 4.98 Å². The lowest BCUT2D eigenvalue weighted by Gasteiger charge is -2.32. The van der Waals surface area contributed by atoms with Crippen molar-refractivity contribution in [3.8, 4) is 0 Å². The predicted molar refractivity (Wildman–Crippen MR) is 71.2 cm³/mol. The summed E-state index contributed by atoms with van der Waals surface area (Å²) in [5.41, 5.74) is 1.22. The van der Waals surface area contributed by atoms with Crippen LogP contribution in [0.5, 0.6) is 0 Å². The molecular weight excluding hydrogens is 244 g/mol. The summed E-state index contributed by atoms with van der Waals surface area (Å²) < 4.78 is 7.02. The number of nitrogens with one attached hydrogen (secondary N) is 1. The van der Waals surface area contributed by atoms with Gasteiger partial charge in [0.25, 0.3) is 0 Å². The number of fused-ring (bicyclic) bond motifs is 1. The van der Waals surface area contributed by atoms with Gasteiger partial charge in [-0.1, -0.05) is 0 Å². The standard InChI is InChI=1S/C13H18N4O2/c1-10-6-11(17-12(7-10)15-9-16-17)14-8-13(18)2-4-19-5-3-13/h6-7,9,14,18H,2-5,8H2,1H3. The number of nitrogens with zero attached hydrogens (tertiary/aromatic N) is 3. The van der Waals surface area contributed by atoms with E-state index in [4.69, 9.17) is 4.74 Å². The van der Waals surface area contributed by atoms with Gasteiger partial charge in [-0.2, -0.15) is 9.61 Å². The molecule has 1 aliphatic heterocycles. The van der Waals surface area contributed by atoms with Crippen molar-refractivity contribution >= 4 is 11.5 Å². The Bertz CT molecular complexity index is 575. The van der Waals surface area contributed by atoms with E-state index < -0.39 is 5.60 Å². The molecule has 0 atom stereocenters. The second kappa shape index (κ2) is 4.79. The molecule has 6 heteroatoms. The Morgan fingerprint density at radius 3 is 3.00 bits per heavy atom. The van der Waals surface area contributed by atoms with Crippen LogP contribution in [-0.2, 0) is 4.74 Å². The van der Waals surface area contributed by atoms with Crippen LogP contribution in [0.1, 0.15) is 18.4 Å². The molecule has 0 aromatic carbocycles. The maximum Gasteiger partial charge on any atom is 0.157 e. The summed E-state index contributed by atoms with van der Waals surface area (Å²) >= 11 is 0. The second-order valence-electron chi connectivity index (χ2n) is 5.14. The molecule has 0 spiro atoms. The minimum atomic E-state index is -0.700. The molecule has 6 nitrogen and oxygen atoms in total. The van der Waals surface area contributed by atoms with Crippen molar-refractivity contribution in [1.82, 2.24) is 14.6 Å². The van der Waals surface area contributed by atoms with E-state index in [0.717, 1.165) is 17.0 Å². The number of aliphatic hydroxyl groups is 1.